The fourth-order valence-corrected chi connectivity index (χ4v) is 2.68. The van der Waals surface area contributed by atoms with Crippen LogP contribution in [0.2, 0.25) is 0 Å². The van der Waals surface area contributed by atoms with E-state index in [1.807, 2.05) is 6.07 Å². The largest absolute Gasteiger partial charge is 0.296 e. The second kappa shape index (κ2) is 4.49. The van der Waals surface area contributed by atoms with E-state index in [1.54, 1.807) is 0 Å². The minimum Gasteiger partial charge on any atom is -0.296 e. The summed E-state index contributed by atoms with van der Waals surface area (Å²) >= 11 is 6.46. The second-order valence-corrected chi connectivity index (χ2v) is 4.85. The van der Waals surface area contributed by atoms with Gasteiger partial charge in [-0.15, -0.1) is 0 Å². The van der Waals surface area contributed by atoms with Crippen LogP contribution in [-0.4, -0.2) is 5.50 Å². The maximum Gasteiger partial charge on any atom is 0.223 e. The van der Waals surface area contributed by atoms with Gasteiger partial charge in [-0.25, -0.2) is 0 Å². The number of alkyl halides is 1. The summed E-state index contributed by atoms with van der Waals surface area (Å²) in [6.45, 7) is 0. The van der Waals surface area contributed by atoms with Crippen LogP contribution in [0.5, 0.6) is 0 Å². The molecule has 0 aromatic heterocycles. The maximum atomic E-state index is 6.46. The van der Waals surface area contributed by atoms with Gasteiger partial charge in [-0.3, -0.25) is 10.6 Å². The van der Waals surface area contributed by atoms with Crippen LogP contribution >= 0.6 is 11.6 Å². The number of hydrogen-bond donors (Lipinski definition) is 2. The lowest BCUT2D eigenvalue weighted by atomic mass is 10.0. The minimum absolute atomic E-state index is 0.0345. The average Bonchev–Trinajstić information content (AvgIpc) is 2.39. The molecule has 0 amide bonds. The number of halogens is 1. The van der Waals surface area contributed by atoms with Crippen LogP contribution in [0, 0.1) is 0 Å². The summed E-state index contributed by atoms with van der Waals surface area (Å²) in [4.78, 5) is 0. The Morgan fingerprint density at radius 2 is 1.35 bits per heavy atom. The molecule has 3 heteroatoms. The molecule has 1 heterocycles. The highest BCUT2D eigenvalue weighted by Crippen LogP contribution is 2.21. The average molecular weight is 247 g/mol. The van der Waals surface area contributed by atoms with Crippen LogP contribution < -0.4 is 10.6 Å². The van der Waals surface area contributed by atoms with Gasteiger partial charge in [0.25, 0.3) is 0 Å². The predicted octanol–water partition coefficient (Wildman–Crippen LogP) is 1.40. The molecule has 0 saturated carbocycles. The number of hydrogen-bond acceptors (Lipinski definition) is 0. The van der Waals surface area contributed by atoms with Crippen molar-refractivity contribution in [1.82, 2.24) is 0 Å². The van der Waals surface area contributed by atoms with Gasteiger partial charge in [-0.1, -0.05) is 54.1 Å². The molecule has 2 aromatic carbocycles. The third-order valence-electron chi connectivity index (χ3n) is 3.22. The molecule has 0 fully saturated rings. The summed E-state index contributed by atoms with van der Waals surface area (Å²) in [6.07, 6.45) is 0. The minimum atomic E-state index is 0.0345. The summed E-state index contributed by atoms with van der Waals surface area (Å²) in [5.74, 6) is 0. The van der Waals surface area contributed by atoms with Crippen molar-refractivity contribution in [3.8, 4) is 0 Å². The highest BCUT2D eigenvalue weighted by molar-refractivity contribution is 6.19. The van der Waals surface area contributed by atoms with Crippen molar-refractivity contribution in [2.45, 2.75) is 11.5 Å². The van der Waals surface area contributed by atoms with E-state index in [1.165, 1.54) is 16.9 Å². The molecule has 2 atom stereocenters. The van der Waals surface area contributed by atoms with Crippen LogP contribution in [0.3, 0.4) is 0 Å². The lowest BCUT2D eigenvalue weighted by molar-refractivity contribution is -0.724. The number of rotatable bonds is 1. The molecular formula is C14H15ClN2+2. The molecule has 2 nitrogen and oxygen atoms in total. The van der Waals surface area contributed by atoms with Gasteiger partial charge >= 0.3 is 0 Å². The summed E-state index contributed by atoms with van der Waals surface area (Å²) in [5.41, 5.74) is 3.82. The first-order chi connectivity index (χ1) is 8.34. The summed E-state index contributed by atoms with van der Waals surface area (Å²) in [7, 11) is 0. The zero-order chi connectivity index (χ0) is 11.7. The smallest absolute Gasteiger partial charge is 0.223 e. The van der Waals surface area contributed by atoms with Gasteiger partial charge in [-0.2, -0.15) is 0 Å². The van der Waals surface area contributed by atoms with E-state index in [4.69, 9.17) is 11.6 Å². The number of benzene rings is 2. The van der Waals surface area contributed by atoms with E-state index in [-0.39, 0.29) is 11.5 Å². The van der Waals surface area contributed by atoms with Crippen molar-refractivity contribution in [2.75, 3.05) is 0 Å². The van der Waals surface area contributed by atoms with Gasteiger partial charge in [-0.05, 0) is 0 Å². The molecule has 2 aromatic rings. The zero-order valence-electron chi connectivity index (χ0n) is 9.38. The standard InChI is InChI=1S/C14H13ClN2/c15-14-13(10-6-2-1-3-7-10)16-11-8-4-5-9-12(11)17-14/h1-9,13-14,16-17H/p+2. The Kier molecular flexibility index (Phi) is 2.85. The van der Waals surface area contributed by atoms with Crippen LogP contribution in [0.25, 0.3) is 0 Å². The van der Waals surface area contributed by atoms with Gasteiger partial charge in [0.15, 0.2) is 17.4 Å². The normalized spacial score (nSPS) is 23.1. The lowest BCUT2D eigenvalue weighted by Gasteiger charge is -2.24. The van der Waals surface area contributed by atoms with Gasteiger partial charge < -0.3 is 0 Å². The van der Waals surface area contributed by atoms with Crippen LogP contribution in [0.15, 0.2) is 54.6 Å². The Hall–Kier alpha value is -1.35. The summed E-state index contributed by atoms with van der Waals surface area (Å²) in [6, 6.07) is 19.1. The molecule has 1 aliphatic heterocycles. The van der Waals surface area contributed by atoms with E-state index in [9.17, 15) is 0 Å². The van der Waals surface area contributed by atoms with E-state index in [2.05, 4.69) is 59.2 Å². The van der Waals surface area contributed by atoms with Gasteiger partial charge in [0.1, 0.15) is 0 Å². The van der Waals surface area contributed by atoms with E-state index >= 15 is 0 Å². The van der Waals surface area contributed by atoms with E-state index in [0.29, 0.717) is 0 Å². The molecule has 1 aliphatic rings. The Balaban J connectivity index is 1.95. The van der Waals surface area contributed by atoms with Crippen molar-refractivity contribution in [1.29, 1.82) is 0 Å². The second-order valence-electron chi connectivity index (χ2n) is 4.34. The maximum absolute atomic E-state index is 6.46. The molecule has 4 N–H and O–H groups in total. The summed E-state index contributed by atoms with van der Waals surface area (Å²) < 4.78 is 0. The van der Waals surface area contributed by atoms with Crippen molar-refractivity contribution in [3.63, 3.8) is 0 Å². The molecule has 0 saturated heterocycles. The highest BCUT2D eigenvalue weighted by atomic mass is 35.5. The highest BCUT2D eigenvalue weighted by Gasteiger charge is 2.35. The molecule has 0 aliphatic carbocycles. The molecule has 3 rings (SSSR count). The first-order valence-electron chi connectivity index (χ1n) is 5.82. The number of nitrogens with two attached hydrogens (primary N) is 2. The SMILES string of the molecule is ClC1[NH2+]c2ccccc2[NH2+]C1c1ccccc1. The van der Waals surface area contributed by atoms with E-state index in [0.717, 1.165) is 0 Å². The molecule has 2 unspecified atom stereocenters. The Bertz CT molecular complexity index is 513. The van der Waals surface area contributed by atoms with Crippen LogP contribution in [-0.2, 0) is 0 Å². The van der Waals surface area contributed by atoms with Crippen LogP contribution in [0.1, 0.15) is 11.6 Å². The van der Waals surface area contributed by atoms with Crippen molar-refractivity contribution in [2.24, 2.45) is 0 Å². The molecule has 17 heavy (non-hydrogen) atoms. The van der Waals surface area contributed by atoms with Crippen molar-refractivity contribution < 1.29 is 10.6 Å². The topological polar surface area (TPSA) is 33.2 Å². The third kappa shape index (κ3) is 2.07. The number of para-hydroxylation sites is 2. The van der Waals surface area contributed by atoms with Crippen LogP contribution in [0.4, 0.5) is 11.4 Å². The third-order valence-corrected chi connectivity index (χ3v) is 3.62. The zero-order valence-corrected chi connectivity index (χ0v) is 10.1. The Morgan fingerprint density at radius 1 is 0.765 bits per heavy atom. The molecule has 0 spiro atoms. The first-order valence-corrected chi connectivity index (χ1v) is 6.26. The molecular weight excluding hydrogens is 232 g/mol. The predicted molar refractivity (Wildman–Crippen MR) is 68.4 cm³/mol. The number of fused-ring (bicyclic) bond motifs is 1. The van der Waals surface area contributed by atoms with Crippen molar-refractivity contribution >= 4 is 23.0 Å². The quantitative estimate of drug-likeness (QED) is 0.433. The van der Waals surface area contributed by atoms with Crippen molar-refractivity contribution in [3.05, 3.63) is 60.2 Å². The monoisotopic (exact) mass is 246 g/mol. The molecule has 86 valence electrons. The Morgan fingerprint density at radius 3 is 2.06 bits per heavy atom. The summed E-state index contributed by atoms with van der Waals surface area (Å²) in [5, 5.41) is 4.41. The molecule has 0 bridgehead atoms. The first kappa shape index (κ1) is 10.8. The Labute approximate surface area is 106 Å². The lowest BCUT2D eigenvalue weighted by Crippen LogP contribution is -2.99. The van der Waals surface area contributed by atoms with Gasteiger partial charge in [0.2, 0.25) is 5.50 Å². The number of quaternary nitrogens is 2. The fraction of sp³-hybridized carbons (Fsp3) is 0.143. The van der Waals surface area contributed by atoms with Gasteiger partial charge in [0.05, 0.1) is 0 Å². The fourth-order valence-electron chi connectivity index (χ4n) is 2.33. The van der Waals surface area contributed by atoms with Gasteiger partial charge in [0, 0.05) is 17.7 Å². The van der Waals surface area contributed by atoms with E-state index < -0.39 is 0 Å². The molecule has 0 radical (unpaired) electrons.